The summed E-state index contributed by atoms with van der Waals surface area (Å²) in [5.41, 5.74) is 1.72. The van der Waals surface area contributed by atoms with Crippen LogP contribution >= 0.6 is 11.8 Å². The van der Waals surface area contributed by atoms with Crippen LogP contribution in [-0.2, 0) is 4.79 Å². The van der Waals surface area contributed by atoms with Gasteiger partial charge < -0.3 is 9.73 Å². The van der Waals surface area contributed by atoms with Crippen molar-refractivity contribution in [3.63, 3.8) is 0 Å². The molecule has 0 radical (unpaired) electrons. The molecule has 0 spiro atoms. The number of hydrogen-bond donors (Lipinski definition) is 1. The van der Waals surface area contributed by atoms with E-state index in [0.29, 0.717) is 11.1 Å². The summed E-state index contributed by atoms with van der Waals surface area (Å²) in [5, 5.41) is 11.1. The third kappa shape index (κ3) is 4.34. The molecule has 1 atom stereocenters. The highest BCUT2D eigenvalue weighted by atomic mass is 32.2. The highest BCUT2D eigenvalue weighted by molar-refractivity contribution is 8.00. The van der Waals surface area contributed by atoms with Crippen molar-refractivity contribution < 1.29 is 9.21 Å². The zero-order chi connectivity index (χ0) is 16.3. The van der Waals surface area contributed by atoms with Gasteiger partial charge >= 0.3 is 0 Å². The smallest absolute Gasteiger partial charge is 0.277 e. The number of aryl methyl sites for hydroxylation is 1. The Morgan fingerprint density at radius 1 is 1.27 bits per heavy atom. The minimum absolute atomic E-state index is 0.0480. The number of carbonyl (C=O) groups excluding carboxylic acids is 1. The Morgan fingerprint density at radius 3 is 2.59 bits per heavy atom. The van der Waals surface area contributed by atoms with Crippen LogP contribution in [0, 0.1) is 6.92 Å². The molecule has 1 N–H and O–H groups in total. The van der Waals surface area contributed by atoms with Crippen LogP contribution < -0.4 is 5.32 Å². The molecule has 1 aromatic heterocycles. The molecule has 2 rings (SSSR count). The van der Waals surface area contributed by atoms with Gasteiger partial charge in [-0.25, -0.2) is 0 Å². The number of aromatic nitrogens is 2. The predicted molar refractivity (Wildman–Crippen MR) is 87.7 cm³/mol. The van der Waals surface area contributed by atoms with Crippen LogP contribution in [0.25, 0.3) is 11.5 Å². The van der Waals surface area contributed by atoms with Crippen molar-refractivity contribution in [2.75, 3.05) is 0 Å². The SMILES string of the molecule is Cc1ccccc1-c1nnc(S[C@H](C)C(=O)NC(C)(C)C)o1. The molecule has 0 unspecified atom stereocenters. The Bertz CT molecular complexity index is 661. The normalized spacial score (nSPS) is 13.0. The molecule has 1 aromatic carbocycles. The second kappa shape index (κ2) is 6.52. The van der Waals surface area contributed by atoms with Crippen LogP contribution in [-0.4, -0.2) is 26.9 Å². The quantitative estimate of drug-likeness (QED) is 0.874. The van der Waals surface area contributed by atoms with E-state index < -0.39 is 0 Å². The number of rotatable bonds is 4. The average Bonchev–Trinajstić information content (AvgIpc) is 2.85. The molecule has 0 aliphatic heterocycles. The lowest BCUT2D eigenvalue weighted by molar-refractivity contribution is -0.121. The Morgan fingerprint density at radius 2 is 1.95 bits per heavy atom. The number of amides is 1. The number of hydrogen-bond acceptors (Lipinski definition) is 5. The standard InChI is InChI=1S/C16H21N3O2S/c1-10-8-6-7-9-12(10)14-18-19-15(21-14)22-11(2)13(20)17-16(3,4)5/h6-9,11H,1-5H3,(H,17,20)/t11-/m1/s1. The maximum absolute atomic E-state index is 12.1. The van der Waals surface area contributed by atoms with Gasteiger partial charge in [0, 0.05) is 11.1 Å². The van der Waals surface area contributed by atoms with Gasteiger partial charge in [0.25, 0.3) is 5.22 Å². The van der Waals surface area contributed by atoms with E-state index in [-0.39, 0.29) is 16.7 Å². The Labute approximate surface area is 134 Å². The third-order valence-corrected chi connectivity index (χ3v) is 3.86. The van der Waals surface area contributed by atoms with Crippen molar-refractivity contribution in [2.45, 2.75) is 50.6 Å². The van der Waals surface area contributed by atoms with Gasteiger partial charge in [-0.05, 0) is 46.2 Å². The largest absolute Gasteiger partial charge is 0.411 e. The van der Waals surface area contributed by atoms with E-state index in [0.717, 1.165) is 11.1 Å². The molecule has 5 nitrogen and oxygen atoms in total. The van der Waals surface area contributed by atoms with E-state index in [1.54, 1.807) is 0 Å². The van der Waals surface area contributed by atoms with Gasteiger partial charge in [0.2, 0.25) is 11.8 Å². The highest BCUT2D eigenvalue weighted by Gasteiger charge is 2.22. The topological polar surface area (TPSA) is 68.0 Å². The molecule has 1 amide bonds. The highest BCUT2D eigenvalue weighted by Crippen LogP contribution is 2.27. The first-order valence-corrected chi connectivity index (χ1v) is 8.02. The maximum Gasteiger partial charge on any atom is 0.277 e. The van der Waals surface area contributed by atoms with Crippen LogP contribution in [0.1, 0.15) is 33.3 Å². The fourth-order valence-electron chi connectivity index (χ4n) is 1.86. The molecule has 6 heteroatoms. The molecule has 22 heavy (non-hydrogen) atoms. The molecule has 0 saturated heterocycles. The average molecular weight is 319 g/mol. The Balaban J connectivity index is 2.06. The zero-order valence-electron chi connectivity index (χ0n) is 13.5. The van der Waals surface area contributed by atoms with Crippen LogP contribution in [0.3, 0.4) is 0 Å². The van der Waals surface area contributed by atoms with Gasteiger partial charge in [0.1, 0.15) is 0 Å². The van der Waals surface area contributed by atoms with Gasteiger partial charge in [-0.2, -0.15) is 0 Å². The molecule has 0 saturated carbocycles. The van der Waals surface area contributed by atoms with Gasteiger partial charge in [0.15, 0.2) is 0 Å². The molecule has 1 heterocycles. The number of carbonyl (C=O) groups is 1. The van der Waals surface area contributed by atoms with Crippen LogP contribution in [0.15, 0.2) is 33.9 Å². The summed E-state index contributed by atoms with van der Waals surface area (Å²) in [6, 6.07) is 7.82. The predicted octanol–water partition coefficient (Wildman–Crippen LogP) is 3.44. The van der Waals surface area contributed by atoms with E-state index in [2.05, 4.69) is 15.5 Å². The summed E-state index contributed by atoms with van der Waals surface area (Å²) < 4.78 is 5.66. The van der Waals surface area contributed by atoms with Gasteiger partial charge in [-0.3, -0.25) is 4.79 Å². The second-order valence-electron chi connectivity index (χ2n) is 6.19. The number of nitrogens with zero attached hydrogens (tertiary/aromatic N) is 2. The minimum Gasteiger partial charge on any atom is -0.411 e. The van der Waals surface area contributed by atoms with Crippen molar-refractivity contribution in [3.8, 4) is 11.5 Å². The summed E-state index contributed by atoms with van der Waals surface area (Å²) in [4.78, 5) is 12.1. The summed E-state index contributed by atoms with van der Waals surface area (Å²) in [7, 11) is 0. The first-order valence-electron chi connectivity index (χ1n) is 7.14. The van der Waals surface area contributed by atoms with Crippen LogP contribution in [0.2, 0.25) is 0 Å². The summed E-state index contributed by atoms with van der Waals surface area (Å²) in [5.74, 6) is 0.428. The van der Waals surface area contributed by atoms with E-state index in [1.165, 1.54) is 11.8 Å². The van der Waals surface area contributed by atoms with Crippen molar-refractivity contribution in [3.05, 3.63) is 29.8 Å². The lowest BCUT2D eigenvalue weighted by Crippen LogP contribution is -2.44. The van der Waals surface area contributed by atoms with E-state index in [9.17, 15) is 4.79 Å². The van der Waals surface area contributed by atoms with Crippen molar-refractivity contribution in [1.82, 2.24) is 15.5 Å². The summed E-state index contributed by atoms with van der Waals surface area (Å²) in [6.07, 6.45) is 0. The second-order valence-corrected chi connectivity index (χ2v) is 7.48. The van der Waals surface area contributed by atoms with Crippen molar-refractivity contribution >= 4 is 17.7 Å². The summed E-state index contributed by atoms with van der Waals surface area (Å²) >= 11 is 1.26. The summed E-state index contributed by atoms with van der Waals surface area (Å²) in [6.45, 7) is 9.66. The molecule has 0 bridgehead atoms. The molecule has 0 aliphatic rings. The Hall–Kier alpha value is -1.82. The number of thioether (sulfide) groups is 1. The lowest BCUT2D eigenvalue weighted by Gasteiger charge is -2.22. The van der Waals surface area contributed by atoms with Gasteiger partial charge in [0.05, 0.1) is 5.25 Å². The monoisotopic (exact) mass is 319 g/mol. The first kappa shape index (κ1) is 16.5. The molecule has 0 fully saturated rings. The molecular weight excluding hydrogens is 298 g/mol. The van der Waals surface area contributed by atoms with E-state index in [1.807, 2.05) is 58.9 Å². The zero-order valence-corrected chi connectivity index (χ0v) is 14.3. The van der Waals surface area contributed by atoms with Gasteiger partial charge in [-0.1, -0.05) is 30.0 Å². The molecule has 0 aliphatic carbocycles. The first-order chi connectivity index (χ1) is 10.3. The number of benzene rings is 1. The third-order valence-electron chi connectivity index (χ3n) is 2.93. The van der Waals surface area contributed by atoms with Crippen molar-refractivity contribution in [1.29, 1.82) is 0 Å². The van der Waals surface area contributed by atoms with Crippen LogP contribution in [0.5, 0.6) is 0 Å². The van der Waals surface area contributed by atoms with Gasteiger partial charge in [-0.15, -0.1) is 10.2 Å². The van der Waals surface area contributed by atoms with Crippen LogP contribution in [0.4, 0.5) is 0 Å². The number of nitrogens with one attached hydrogen (secondary N) is 1. The minimum atomic E-state index is -0.301. The lowest BCUT2D eigenvalue weighted by atomic mass is 10.1. The molecule has 118 valence electrons. The fourth-order valence-corrected chi connectivity index (χ4v) is 2.54. The van der Waals surface area contributed by atoms with E-state index >= 15 is 0 Å². The fraction of sp³-hybridized carbons (Fsp3) is 0.438. The maximum atomic E-state index is 12.1. The Kier molecular flexibility index (Phi) is 4.90. The van der Waals surface area contributed by atoms with Crippen molar-refractivity contribution in [2.24, 2.45) is 0 Å². The molecular formula is C16H21N3O2S. The molecule has 2 aromatic rings. The van der Waals surface area contributed by atoms with E-state index in [4.69, 9.17) is 4.42 Å².